The molecular weight excluding hydrogens is 194 g/mol. The van der Waals surface area contributed by atoms with E-state index in [1.165, 1.54) is 12.1 Å². The smallest absolute Gasteiger partial charge is 0.339 e. The number of aromatic hydroxyl groups is 1. The predicted molar refractivity (Wildman–Crippen MR) is 55.6 cm³/mol. The number of hydrogen-bond acceptors (Lipinski definition) is 3. The standard InChI is InChI=1S/C11H11NO3/c12-6-2-1-3-8-4-5-10(13)9(7-8)11(14)15/h4-5,7,13H,2,6,12H2,(H,14,15). The minimum absolute atomic E-state index is 0.144. The van der Waals surface area contributed by atoms with Gasteiger partial charge in [-0.1, -0.05) is 11.8 Å². The molecule has 4 N–H and O–H groups in total. The summed E-state index contributed by atoms with van der Waals surface area (Å²) in [4.78, 5) is 10.7. The molecule has 1 aromatic rings. The fourth-order valence-electron chi connectivity index (χ4n) is 1.02. The number of benzene rings is 1. The Hall–Kier alpha value is -1.99. The molecule has 78 valence electrons. The molecule has 0 radical (unpaired) electrons. The molecule has 1 rings (SSSR count). The minimum Gasteiger partial charge on any atom is -0.507 e. The summed E-state index contributed by atoms with van der Waals surface area (Å²) in [6, 6.07) is 4.21. The van der Waals surface area contributed by atoms with Gasteiger partial charge in [-0.3, -0.25) is 0 Å². The Kier molecular flexibility index (Phi) is 3.72. The summed E-state index contributed by atoms with van der Waals surface area (Å²) in [5, 5.41) is 18.0. The lowest BCUT2D eigenvalue weighted by Gasteiger charge is -1.98. The largest absolute Gasteiger partial charge is 0.507 e. The molecule has 0 amide bonds. The maximum absolute atomic E-state index is 10.7. The molecule has 0 bridgehead atoms. The number of carboxylic acids is 1. The topological polar surface area (TPSA) is 83.5 Å². The van der Waals surface area contributed by atoms with Crippen LogP contribution in [0, 0.1) is 11.8 Å². The molecule has 0 saturated heterocycles. The van der Waals surface area contributed by atoms with Crippen LogP contribution in [0.2, 0.25) is 0 Å². The molecule has 0 spiro atoms. The van der Waals surface area contributed by atoms with Crippen LogP contribution in [0.15, 0.2) is 18.2 Å². The Morgan fingerprint density at radius 3 is 2.80 bits per heavy atom. The summed E-state index contributed by atoms with van der Waals surface area (Å²) in [6.45, 7) is 0.469. The minimum atomic E-state index is -1.17. The highest BCUT2D eigenvalue weighted by molar-refractivity contribution is 5.91. The van der Waals surface area contributed by atoms with Crippen molar-refractivity contribution in [1.82, 2.24) is 0 Å². The highest BCUT2D eigenvalue weighted by Gasteiger charge is 2.08. The van der Waals surface area contributed by atoms with Gasteiger partial charge in [0.1, 0.15) is 11.3 Å². The van der Waals surface area contributed by atoms with Crippen molar-refractivity contribution in [3.8, 4) is 17.6 Å². The first-order valence-corrected chi connectivity index (χ1v) is 4.40. The lowest BCUT2D eigenvalue weighted by Crippen LogP contribution is -1.97. The van der Waals surface area contributed by atoms with Crippen molar-refractivity contribution in [2.24, 2.45) is 5.73 Å². The third-order valence-electron chi connectivity index (χ3n) is 1.73. The van der Waals surface area contributed by atoms with E-state index in [1.54, 1.807) is 6.07 Å². The molecule has 0 unspecified atom stereocenters. The van der Waals surface area contributed by atoms with Gasteiger partial charge in [-0.15, -0.1) is 0 Å². The SMILES string of the molecule is NCCC#Cc1ccc(O)c(C(=O)O)c1. The lowest BCUT2D eigenvalue weighted by atomic mass is 10.1. The average Bonchev–Trinajstić information content (AvgIpc) is 2.20. The van der Waals surface area contributed by atoms with Crippen molar-refractivity contribution >= 4 is 5.97 Å². The molecule has 0 aliphatic heterocycles. The van der Waals surface area contributed by atoms with Gasteiger partial charge in [0, 0.05) is 18.5 Å². The number of aromatic carboxylic acids is 1. The number of nitrogens with two attached hydrogens (primary N) is 1. The van der Waals surface area contributed by atoms with Crippen LogP contribution < -0.4 is 5.73 Å². The Labute approximate surface area is 87.3 Å². The average molecular weight is 205 g/mol. The van der Waals surface area contributed by atoms with Gasteiger partial charge < -0.3 is 15.9 Å². The molecule has 4 heteroatoms. The van der Waals surface area contributed by atoms with E-state index in [1.807, 2.05) is 0 Å². The third kappa shape index (κ3) is 3.01. The molecule has 0 aliphatic carbocycles. The molecular formula is C11H11NO3. The van der Waals surface area contributed by atoms with Crippen LogP contribution >= 0.6 is 0 Å². The first-order valence-electron chi connectivity index (χ1n) is 4.40. The van der Waals surface area contributed by atoms with E-state index in [9.17, 15) is 9.90 Å². The zero-order valence-corrected chi connectivity index (χ0v) is 8.03. The molecule has 0 atom stereocenters. The zero-order chi connectivity index (χ0) is 11.3. The fourth-order valence-corrected chi connectivity index (χ4v) is 1.02. The van der Waals surface area contributed by atoms with E-state index in [-0.39, 0.29) is 11.3 Å². The predicted octanol–water partition coefficient (Wildman–Crippen LogP) is 0.791. The van der Waals surface area contributed by atoms with E-state index in [2.05, 4.69) is 11.8 Å². The monoisotopic (exact) mass is 205 g/mol. The summed E-state index contributed by atoms with van der Waals surface area (Å²) < 4.78 is 0. The van der Waals surface area contributed by atoms with Crippen molar-refractivity contribution in [2.45, 2.75) is 6.42 Å². The van der Waals surface area contributed by atoms with E-state index in [4.69, 9.17) is 10.8 Å². The van der Waals surface area contributed by atoms with E-state index < -0.39 is 5.97 Å². The number of rotatable bonds is 2. The number of carbonyl (C=O) groups is 1. The van der Waals surface area contributed by atoms with Crippen LogP contribution in [-0.2, 0) is 0 Å². The van der Waals surface area contributed by atoms with Gasteiger partial charge in [-0.05, 0) is 18.2 Å². The molecule has 4 nitrogen and oxygen atoms in total. The van der Waals surface area contributed by atoms with Crippen molar-refractivity contribution < 1.29 is 15.0 Å². The van der Waals surface area contributed by atoms with Gasteiger partial charge in [-0.25, -0.2) is 4.79 Å². The van der Waals surface area contributed by atoms with Crippen LogP contribution in [0.3, 0.4) is 0 Å². The highest BCUT2D eigenvalue weighted by atomic mass is 16.4. The van der Waals surface area contributed by atoms with Gasteiger partial charge in [0.15, 0.2) is 0 Å². The third-order valence-corrected chi connectivity index (χ3v) is 1.73. The van der Waals surface area contributed by atoms with Crippen LogP contribution in [-0.4, -0.2) is 22.7 Å². The van der Waals surface area contributed by atoms with Crippen molar-refractivity contribution in [1.29, 1.82) is 0 Å². The molecule has 0 fully saturated rings. The quantitative estimate of drug-likeness (QED) is 0.623. The summed E-state index contributed by atoms with van der Waals surface area (Å²) in [6.07, 6.45) is 0.559. The van der Waals surface area contributed by atoms with Gasteiger partial charge in [0.25, 0.3) is 0 Å². The van der Waals surface area contributed by atoms with Crippen molar-refractivity contribution in [3.05, 3.63) is 29.3 Å². The molecule has 0 aromatic heterocycles. The van der Waals surface area contributed by atoms with E-state index in [0.29, 0.717) is 18.5 Å². The molecule has 0 heterocycles. The van der Waals surface area contributed by atoms with Gasteiger partial charge in [-0.2, -0.15) is 0 Å². The summed E-state index contributed by atoms with van der Waals surface area (Å²) in [7, 11) is 0. The second-order valence-corrected chi connectivity index (χ2v) is 2.88. The Morgan fingerprint density at radius 1 is 1.47 bits per heavy atom. The Bertz CT molecular complexity index is 429. The number of carboxylic acid groups (broad SMARTS) is 1. The second-order valence-electron chi connectivity index (χ2n) is 2.88. The van der Waals surface area contributed by atoms with E-state index >= 15 is 0 Å². The summed E-state index contributed by atoms with van der Waals surface area (Å²) in [5.74, 6) is 4.12. The summed E-state index contributed by atoms with van der Waals surface area (Å²) >= 11 is 0. The van der Waals surface area contributed by atoms with E-state index in [0.717, 1.165) is 0 Å². The lowest BCUT2D eigenvalue weighted by molar-refractivity contribution is 0.0693. The molecule has 0 aliphatic rings. The maximum Gasteiger partial charge on any atom is 0.339 e. The maximum atomic E-state index is 10.7. The molecule has 15 heavy (non-hydrogen) atoms. The van der Waals surface area contributed by atoms with Crippen molar-refractivity contribution in [3.63, 3.8) is 0 Å². The molecule has 1 aromatic carbocycles. The first kappa shape index (κ1) is 11.1. The van der Waals surface area contributed by atoms with Crippen LogP contribution in [0.5, 0.6) is 5.75 Å². The Balaban J connectivity index is 2.99. The van der Waals surface area contributed by atoms with Crippen LogP contribution in [0.1, 0.15) is 22.3 Å². The second kappa shape index (κ2) is 5.03. The molecule has 0 saturated carbocycles. The Morgan fingerprint density at radius 2 is 2.20 bits per heavy atom. The highest BCUT2D eigenvalue weighted by Crippen LogP contribution is 2.17. The van der Waals surface area contributed by atoms with Gasteiger partial charge in [0.2, 0.25) is 0 Å². The van der Waals surface area contributed by atoms with Crippen LogP contribution in [0.4, 0.5) is 0 Å². The number of phenols is 1. The number of hydrogen-bond donors (Lipinski definition) is 3. The van der Waals surface area contributed by atoms with Crippen LogP contribution in [0.25, 0.3) is 0 Å². The fraction of sp³-hybridized carbons (Fsp3) is 0.182. The normalized spacial score (nSPS) is 9.13. The summed E-state index contributed by atoms with van der Waals surface area (Å²) in [5.41, 5.74) is 5.67. The van der Waals surface area contributed by atoms with Gasteiger partial charge in [0.05, 0.1) is 0 Å². The zero-order valence-electron chi connectivity index (χ0n) is 8.03. The first-order chi connectivity index (χ1) is 7.15. The van der Waals surface area contributed by atoms with Crippen molar-refractivity contribution in [2.75, 3.05) is 6.54 Å². The van der Waals surface area contributed by atoms with Gasteiger partial charge >= 0.3 is 5.97 Å².